The molecule has 15 heavy (non-hydrogen) atoms. The molecule has 5 nitrogen and oxygen atoms in total. The van der Waals surface area contributed by atoms with Crippen molar-refractivity contribution in [3.63, 3.8) is 0 Å². The van der Waals surface area contributed by atoms with Crippen molar-refractivity contribution in [2.45, 2.75) is 26.2 Å². The van der Waals surface area contributed by atoms with E-state index in [2.05, 4.69) is 40.8 Å². The second-order valence-corrected chi connectivity index (χ2v) is 4.95. The van der Waals surface area contributed by atoms with Crippen LogP contribution in [0.5, 0.6) is 0 Å². The number of carbonyl (C=O) groups is 1. The van der Waals surface area contributed by atoms with Gasteiger partial charge in [-0.1, -0.05) is 20.8 Å². The molecule has 1 aromatic rings. The molecule has 2 N–H and O–H groups in total. The summed E-state index contributed by atoms with van der Waals surface area (Å²) in [6.45, 7) is 6.39. The van der Waals surface area contributed by atoms with E-state index >= 15 is 0 Å². The molecule has 6 heteroatoms. The van der Waals surface area contributed by atoms with Gasteiger partial charge in [-0.3, -0.25) is 4.79 Å². The van der Waals surface area contributed by atoms with Crippen molar-refractivity contribution in [3.05, 3.63) is 5.82 Å². The number of aromatic nitrogens is 2. The van der Waals surface area contributed by atoms with Gasteiger partial charge in [0.2, 0.25) is 11.0 Å². The Bertz CT molecular complexity index is 342. The molecule has 0 aliphatic rings. The predicted octanol–water partition coefficient (Wildman–Crippen LogP) is 0.993. The molecular weight excluding hydrogens is 212 g/mol. The number of anilines is 1. The lowest BCUT2D eigenvalue weighted by Gasteiger charge is -2.12. The van der Waals surface area contributed by atoms with Crippen molar-refractivity contribution in [2.75, 3.05) is 18.9 Å². The zero-order valence-corrected chi connectivity index (χ0v) is 10.2. The first-order valence-electron chi connectivity index (χ1n) is 4.72. The highest BCUT2D eigenvalue weighted by atomic mass is 32.1. The monoisotopic (exact) mass is 228 g/mol. The third-order valence-electron chi connectivity index (χ3n) is 1.78. The van der Waals surface area contributed by atoms with Crippen LogP contribution < -0.4 is 10.6 Å². The quantitative estimate of drug-likeness (QED) is 0.809. The summed E-state index contributed by atoms with van der Waals surface area (Å²) in [5, 5.41) is 6.13. The Labute approximate surface area is 93.5 Å². The molecule has 1 rings (SSSR count). The fraction of sp³-hybridized carbons (Fsp3) is 0.667. The average Bonchev–Trinajstić information content (AvgIpc) is 2.61. The molecule has 1 aromatic heterocycles. The maximum atomic E-state index is 11.0. The number of nitrogens with zero attached hydrogens (tertiary/aromatic N) is 2. The lowest BCUT2D eigenvalue weighted by Crippen LogP contribution is -2.26. The van der Waals surface area contributed by atoms with Crippen molar-refractivity contribution in [1.82, 2.24) is 14.7 Å². The standard InChI is InChI=1S/C9H16N4OS/c1-9(2,3)7-12-8(15-13-7)11-5-6(14)10-4/h5H2,1-4H3,(H,10,14)(H,11,12,13). The summed E-state index contributed by atoms with van der Waals surface area (Å²) in [4.78, 5) is 15.3. The highest BCUT2D eigenvalue weighted by Gasteiger charge is 2.19. The third kappa shape index (κ3) is 3.47. The van der Waals surface area contributed by atoms with Crippen LogP contribution in [-0.2, 0) is 10.2 Å². The molecule has 1 heterocycles. The fourth-order valence-corrected chi connectivity index (χ4v) is 1.60. The van der Waals surface area contributed by atoms with Gasteiger partial charge in [0.25, 0.3) is 0 Å². The molecule has 0 atom stereocenters. The highest BCUT2D eigenvalue weighted by Crippen LogP contribution is 2.22. The van der Waals surface area contributed by atoms with Crippen molar-refractivity contribution >= 4 is 22.6 Å². The minimum atomic E-state index is -0.0671. The van der Waals surface area contributed by atoms with Gasteiger partial charge >= 0.3 is 0 Å². The fourth-order valence-electron chi connectivity index (χ4n) is 0.844. The van der Waals surface area contributed by atoms with E-state index in [-0.39, 0.29) is 17.9 Å². The molecule has 0 saturated carbocycles. The Balaban J connectivity index is 2.58. The molecule has 0 aliphatic heterocycles. The van der Waals surface area contributed by atoms with Gasteiger partial charge in [0.15, 0.2) is 0 Å². The lowest BCUT2D eigenvalue weighted by molar-refractivity contribution is -0.118. The summed E-state index contributed by atoms with van der Waals surface area (Å²) in [7, 11) is 1.60. The third-order valence-corrected chi connectivity index (χ3v) is 2.45. The van der Waals surface area contributed by atoms with Gasteiger partial charge in [0.1, 0.15) is 5.82 Å². The van der Waals surface area contributed by atoms with Crippen molar-refractivity contribution < 1.29 is 4.79 Å². The number of rotatable bonds is 3. The van der Waals surface area contributed by atoms with E-state index < -0.39 is 0 Å². The molecule has 0 unspecified atom stereocenters. The first kappa shape index (κ1) is 11.9. The predicted molar refractivity (Wildman–Crippen MR) is 61.2 cm³/mol. The van der Waals surface area contributed by atoms with Gasteiger partial charge in [-0.15, -0.1) is 0 Å². The SMILES string of the molecule is CNC(=O)CNc1nc(C(C)(C)C)ns1. The zero-order chi connectivity index (χ0) is 11.5. The van der Waals surface area contributed by atoms with Gasteiger partial charge in [0, 0.05) is 24.0 Å². The normalized spacial score (nSPS) is 11.2. The van der Waals surface area contributed by atoms with Gasteiger partial charge in [-0.25, -0.2) is 4.98 Å². The van der Waals surface area contributed by atoms with E-state index in [9.17, 15) is 4.79 Å². The highest BCUT2D eigenvalue weighted by molar-refractivity contribution is 7.09. The van der Waals surface area contributed by atoms with Crippen LogP contribution in [0.2, 0.25) is 0 Å². The van der Waals surface area contributed by atoms with E-state index in [0.29, 0.717) is 5.13 Å². The Hall–Kier alpha value is -1.17. The topological polar surface area (TPSA) is 66.9 Å². The molecule has 0 bridgehead atoms. The summed E-state index contributed by atoms with van der Waals surface area (Å²) in [5.41, 5.74) is -0.0521. The molecular formula is C9H16N4OS. The summed E-state index contributed by atoms with van der Waals surface area (Å²) in [5.74, 6) is 0.731. The minimum Gasteiger partial charge on any atom is -0.358 e. The van der Waals surface area contributed by atoms with Crippen molar-refractivity contribution in [1.29, 1.82) is 0 Å². The Morgan fingerprint density at radius 3 is 2.60 bits per heavy atom. The first-order chi connectivity index (χ1) is 6.93. The molecule has 0 radical (unpaired) electrons. The average molecular weight is 228 g/mol. The molecule has 1 amide bonds. The maximum absolute atomic E-state index is 11.0. The summed E-state index contributed by atoms with van der Waals surface area (Å²) < 4.78 is 4.23. The lowest BCUT2D eigenvalue weighted by atomic mass is 9.96. The van der Waals surface area contributed by atoms with E-state index in [4.69, 9.17) is 0 Å². The van der Waals surface area contributed by atoms with Crippen LogP contribution in [0.25, 0.3) is 0 Å². The van der Waals surface area contributed by atoms with E-state index in [1.54, 1.807) is 7.05 Å². The molecule has 0 aromatic carbocycles. The van der Waals surface area contributed by atoms with Crippen LogP contribution >= 0.6 is 11.5 Å². The molecule has 84 valence electrons. The van der Waals surface area contributed by atoms with Gasteiger partial charge < -0.3 is 10.6 Å². The van der Waals surface area contributed by atoms with Crippen LogP contribution in [0.1, 0.15) is 26.6 Å². The summed E-state index contributed by atoms with van der Waals surface area (Å²) in [6.07, 6.45) is 0. The van der Waals surface area contributed by atoms with Gasteiger partial charge in [-0.05, 0) is 0 Å². The first-order valence-corrected chi connectivity index (χ1v) is 5.49. The second kappa shape index (κ2) is 4.57. The Kier molecular flexibility index (Phi) is 3.62. The van der Waals surface area contributed by atoms with Crippen molar-refractivity contribution in [2.24, 2.45) is 0 Å². The molecule has 0 aliphatic carbocycles. The number of hydrogen-bond donors (Lipinski definition) is 2. The van der Waals surface area contributed by atoms with Crippen LogP contribution in [0.3, 0.4) is 0 Å². The van der Waals surface area contributed by atoms with E-state index in [0.717, 1.165) is 5.82 Å². The number of likely N-dealkylation sites (N-methyl/N-ethyl adjacent to an activating group) is 1. The molecule has 0 saturated heterocycles. The maximum Gasteiger partial charge on any atom is 0.239 e. The van der Waals surface area contributed by atoms with Crippen molar-refractivity contribution in [3.8, 4) is 0 Å². The smallest absolute Gasteiger partial charge is 0.239 e. The van der Waals surface area contributed by atoms with Gasteiger partial charge in [-0.2, -0.15) is 4.37 Å². The molecule has 0 spiro atoms. The van der Waals surface area contributed by atoms with Crippen LogP contribution in [0.4, 0.5) is 5.13 Å². The summed E-state index contributed by atoms with van der Waals surface area (Å²) in [6, 6.07) is 0. The number of amides is 1. The Morgan fingerprint density at radius 2 is 2.13 bits per heavy atom. The number of hydrogen-bond acceptors (Lipinski definition) is 5. The van der Waals surface area contributed by atoms with E-state index in [1.165, 1.54) is 11.5 Å². The largest absolute Gasteiger partial charge is 0.358 e. The summed E-state index contributed by atoms with van der Waals surface area (Å²) >= 11 is 1.28. The Morgan fingerprint density at radius 1 is 1.47 bits per heavy atom. The minimum absolute atomic E-state index is 0.0521. The van der Waals surface area contributed by atoms with Crippen LogP contribution in [0, 0.1) is 0 Å². The van der Waals surface area contributed by atoms with Crippen LogP contribution in [0.15, 0.2) is 0 Å². The number of carbonyl (C=O) groups excluding carboxylic acids is 1. The van der Waals surface area contributed by atoms with Gasteiger partial charge in [0.05, 0.1) is 6.54 Å². The second-order valence-electron chi connectivity index (χ2n) is 4.20. The van der Waals surface area contributed by atoms with E-state index in [1.807, 2.05) is 0 Å². The zero-order valence-electron chi connectivity index (χ0n) is 9.42. The molecule has 0 fully saturated rings. The number of nitrogens with one attached hydrogen (secondary N) is 2. The van der Waals surface area contributed by atoms with Crippen LogP contribution in [-0.4, -0.2) is 28.9 Å².